The maximum Gasteiger partial charge on any atom is 0.336 e. The van der Waals surface area contributed by atoms with Crippen LogP contribution >= 0.6 is 0 Å². The van der Waals surface area contributed by atoms with Gasteiger partial charge < -0.3 is 14.6 Å². The number of rotatable bonds is 6. The third-order valence-corrected chi connectivity index (χ3v) is 5.34. The molecular weight excluding hydrogens is 408 g/mol. The molecule has 0 fully saturated rings. The highest BCUT2D eigenvalue weighted by Crippen LogP contribution is 2.17. The minimum Gasteiger partial charge on any atom is -0.494 e. The zero-order valence-corrected chi connectivity index (χ0v) is 18.2. The summed E-state index contributed by atoms with van der Waals surface area (Å²) in [6.07, 6.45) is 0. The van der Waals surface area contributed by atoms with E-state index in [-0.39, 0.29) is 12.5 Å². The standard InChI is InChI=1S/C24H24N4O4/c1-4-32-19-12-10-17(11-13-19)25-21(29)15-27-20-14-16(2)26(3)22(20)23(30)28(24(27)31)18-8-6-5-7-9-18/h5-14H,4,15H2,1-3H3,(H,25,29). The van der Waals surface area contributed by atoms with Crippen molar-refractivity contribution in [1.82, 2.24) is 13.7 Å². The van der Waals surface area contributed by atoms with Gasteiger partial charge in [-0.2, -0.15) is 0 Å². The third-order valence-electron chi connectivity index (χ3n) is 5.34. The fourth-order valence-electron chi connectivity index (χ4n) is 3.69. The predicted molar refractivity (Wildman–Crippen MR) is 124 cm³/mol. The van der Waals surface area contributed by atoms with Gasteiger partial charge in [0.2, 0.25) is 5.91 Å². The van der Waals surface area contributed by atoms with Gasteiger partial charge in [0.1, 0.15) is 17.8 Å². The summed E-state index contributed by atoms with van der Waals surface area (Å²) in [7, 11) is 1.77. The molecule has 0 aliphatic heterocycles. The summed E-state index contributed by atoms with van der Waals surface area (Å²) in [4.78, 5) is 39.4. The molecule has 2 heterocycles. The molecule has 0 bridgehead atoms. The van der Waals surface area contributed by atoms with Gasteiger partial charge in [-0.1, -0.05) is 18.2 Å². The van der Waals surface area contributed by atoms with Crippen LogP contribution in [0.25, 0.3) is 16.7 Å². The molecule has 2 aromatic carbocycles. The molecule has 164 valence electrons. The Morgan fingerprint density at radius 2 is 1.72 bits per heavy atom. The average molecular weight is 432 g/mol. The molecule has 1 amide bonds. The molecule has 0 unspecified atom stereocenters. The van der Waals surface area contributed by atoms with E-state index in [1.54, 1.807) is 66.2 Å². The van der Waals surface area contributed by atoms with Crippen molar-refractivity contribution >= 4 is 22.6 Å². The van der Waals surface area contributed by atoms with Crippen molar-refractivity contribution in [2.75, 3.05) is 11.9 Å². The normalized spacial score (nSPS) is 11.0. The van der Waals surface area contributed by atoms with Crippen LogP contribution in [0.3, 0.4) is 0 Å². The Labute approximate surface area is 184 Å². The van der Waals surface area contributed by atoms with E-state index in [1.807, 2.05) is 19.9 Å². The number of benzene rings is 2. The molecular formula is C24H24N4O4. The van der Waals surface area contributed by atoms with Crippen LogP contribution in [-0.2, 0) is 18.4 Å². The molecule has 0 saturated heterocycles. The van der Waals surface area contributed by atoms with Gasteiger partial charge in [-0.15, -0.1) is 0 Å². The molecule has 2 aromatic heterocycles. The predicted octanol–water partition coefficient (Wildman–Crippen LogP) is 2.84. The maximum absolute atomic E-state index is 13.3. The minimum atomic E-state index is -0.568. The van der Waals surface area contributed by atoms with E-state index in [0.29, 0.717) is 34.8 Å². The zero-order chi connectivity index (χ0) is 22.8. The Hall–Kier alpha value is -4.07. The van der Waals surface area contributed by atoms with Crippen LogP contribution in [0.4, 0.5) is 5.69 Å². The second kappa shape index (κ2) is 8.58. The molecule has 0 aliphatic carbocycles. The quantitative estimate of drug-likeness (QED) is 0.508. The lowest BCUT2D eigenvalue weighted by molar-refractivity contribution is -0.116. The Morgan fingerprint density at radius 3 is 2.38 bits per heavy atom. The fraction of sp³-hybridized carbons (Fsp3) is 0.208. The molecule has 0 atom stereocenters. The number of amides is 1. The van der Waals surface area contributed by atoms with Gasteiger partial charge in [0.05, 0.1) is 17.8 Å². The first kappa shape index (κ1) is 21.2. The van der Waals surface area contributed by atoms with Crippen molar-refractivity contribution in [2.24, 2.45) is 7.05 Å². The molecule has 32 heavy (non-hydrogen) atoms. The van der Waals surface area contributed by atoms with Crippen LogP contribution < -0.4 is 21.3 Å². The first-order chi connectivity index (χ1) is 15.4. The molecule has 0 spiro atoms. The van der Waals surface area contributed by atoms with Crippen LogP contribution in [0.15, 0.2) is 70.3 Å². The SMILES string of the molecule is CCOc1ccc(NC(=O)Cn2c(=O)n(-c3ccccc3)c(=O)c3c2cc(C)n3C)cc1. The van der Waals surface area contributed by atoms with E-state index in [1.165, 1.54) is 4.57 Å². The van der Waals surface area contributed by atoms with Gasteiger partial charge in [-0.05, 0) is 56.3 Å². The van der Waals surface area contributed by atoms with Crippen LogP contribution in [-0.4, -0.2) is 26.2 Å². The van der Waals surface area contributed by atoms with Crippen molar-refractivity contribution in [3.63, 3.8) is 0 Å². The second-order valence-corrected chi connectivity index (χ2v) is 7.43. The summed E-state index contributed by atoms with van der Waals surface area (Å²) in [5.74, 6) is 0.329. The van der Waals surface area contributed by atoms with E-state index in [9.17, 15) is 14.4 Å². The summed E-state index contributed by atoms with van der Waals surface area (Å²) >= 11 is 0. The lowest BCUT2D eigenvalue weighted by atomic mass is 10.3. The van der Waals surface area contributed by atoms with Gasteiger partial charge in [0.25, 0.3) is 5.56 Å². The Morgan fingerprint density at radius 1 is 1.03 bits per heavy atom. The van der Waals surface area contributed by atoms with Crippen molar-refractivity contribution < 1.29 is 9.53 Å². The van der Waals surface area contributed by atoms with Crippen LogP contribution in [0.5, 0.6) is 5.75 Å². The number of hydrogen-bond donors (Lipinski definition) is 1. The number of carbonyl (C=O) groups excluding carboxylic acids is 1. The first-order valence-electron chi connectivity index (χ1n) is 10.3. The number of hydrogen-bond acceptors (Lipinski definition) is 4. The number of ether oxygens (including phenoxy) is 1. The lowest BCUT2D eigenvalue weighted by Crippen LogP contribution is -2.41. The average Bonchev–Trinajstić information content (AvgIpc) is 3.08. The molecule has 8 heteroatoms. The molecule has 8 nitrogen and oxygen atoms in total. The molecule has 0 radical (unpaired) electrons. The van der Waals surface area contributed by atoms with E-state index in [2.05, 4.69) is 5.32 Å². The lowest BCUT2D eigenvalue weighted by Gasteiger charge is -2.13. The van der Waals surface area contributed by atoms with E-state index in [4.69, 9.17) is 4.74 Å². The molecule has 0 saturated carbocycles. The zero-order valence-electron chi connectivity index (χ0n) is 18.2. The van der Waals surface area contributed by atoms with E-state index in [0.717, 1.165) is 10.3 Å². The molecule has 1 N–H and O–H groups in total. The van der Waals surface area contributed by atoms with Crippen molar-refractivity contribution in [3.8, 4) is 11.4 Å². The van der Waals surface area contributed by atoms with E-state index < -0.39 is 11.2 Å². The molecule has 4 rings (SSSR count). The smallest absolute Gasteiger partial charge is 0.336 e. The van der Waals surface area contributed by atoms with Gasteiger partial charge in [0, 0.05) is 18.4 Å². The van der Waals surface area contributed by atoms with Crippen LogP contribution in [0, 0.1) is 6.92 Å². The van der Waals surface area contributed by atoms with Crippen molar-refractivity contribution in [2.45, 2.75) is 20.4 Å². The third kappa shape index (κ3) is 3.82. The Balaban J connectivity index is 1.76. The molecule has 4 aromatic rings. The number of nitrogens with zero attached hydrogens (tertiary/aromatic N) is 3. The highest BCUT2D eigenvalue weighted by atomic mass is 16.5. The van der Waals surface area contributed by atoms with Gasteiger partial charge in [0.15, 0.2) is 0 Å². The molecule has 0 aliphatic rings. The number of fused-ring (bicyclic) bond motifs is 1. The van der Waals surface area contributed by atoms with Crippen molar-refractivity contribution in [1.29, 1.82) is 0 Å². The van der Waals surface area contributed by atoms with Gasteiger partial charge >= 0.3 is 5.69 Å². The first-order valence-corrected chi connectivity index (χ1v) is 10.3. The largest absolute Gasteiger partial charge is 0.494 e. The summed E-state index contributed by atoms with van der Waals surface area (Å²) in [6.45, 7) is 4.06. The number of aryl methyl sites for hydroxylation is 2. The van der Waals surface area contributed by atoms with Gasteiger partial charge in [-0.3, -0.25) is 14.2 Å². The fourth-order valence-corrected chi connectivity index (χ4v) is 3.69. The number of nitrogens with one attached hydrogen (secondary N) is 1. The number of para-hydroxylation sites is 1. The maximum atomic E-state index is 13.3. The minimum absolute atomic E-state index is 0.237. The highest BCUT2D eigenvalue weighted by molar-refractivity contribution is 5.91. The number of anilines is 1. The number of aromatic nitrogens is 3. The summed E-state index contributed by atoms with van der Waals surface area (Å²) < 4.78 is 9.58. The Kier molecular flexibility index (Phi) is 5.68. The monoisotopic (exact) mass is 432 g/mol. The van der Waals surface area contributed by atoms with E-state index >= 15 is 0 Å². The summed E-state index contributed by atoms with van der Waals surface area (Å²) in [5.41, 5.74) is 1.64. The number of carbonyl (C=O) groups is 1. The topological polar surface area (TPSA) is 87.3 Å². The Bertz CT molecular complexity index is 1400. The highest BCUT2D eigenvalue weighted by Gasteiger charge is 2.20. The summed E-state index contributed by atoms with van der Waals surface area (Å²) in [5, 5.41) is 2.80. The van der Waals surface area contributed by atoms with Crippen LogP contribution in [0.1, 0.15) is 12.6 Å². The second-order valence-electron chi connectivity index (χ2n) is 7.43. The van der Waals surface area contributed by atoms with Crippen molar-refractivity contribution in [3.05, 3.63) is 87.2 Å². The summed E-state index contributed by atoms with van der Waals surface area (Å²) in [6, 6.07) is 17.4. The van der Waals surface area contributed by atoms with Gasteiger partial charge in [-0.25, -0.2) is 9.36 Å². The van der Waals surface area contributed by atoms with Crippen LogP contribution in [0.2, 0.25) is 0 Å².